The minimum absolute atomic E-state index is 0.0544. The Morgan fingerprint density at radius 3 is 2.52 bits per heavy atom. The Kier molecular flexibility index (Phi) is 5.16. The van der Waals surface area contributed by atoms with Crippen molar-refractivity contribution in [1.29, 1.82) is 5.26 Å². The van der Waals surface area contributed by atoms with E-state index in [2.05, 4.69) is 17.6 Å². The minimum Gasteiger partial charge on any atom is -0.385 e. The van der Waals surface area contributed by atoms with E-state index in [-0.39, 0.29) is 5.56 Å². The zero-order chi connectivity index (χ0) is 15.1. The average molecular weight is 283 g/mol. The molecule has 3 nitrogen and oxygen atoms in total. The lowest BCUT2D eigenvalue weighted by Gasteiger charge is -2.10. The van der Waals surface area contributed by atoms with E-state index in [4.69, 9.17) is 5.26 Å². The summed E-state index contributed by atoms with van der Waals surface area (Å²) >= 11 is 0. The Morgan fingerprint density at radius 2 is 1.86 bits per heavy atom. The molecule has 0 atom stereocenters. The Labute approximate surface area is 124 Å². The van der Waals surface area contributed by atoms with Crippen molar-refractivity contribution in [1.82, 2.24) is 0 Å². The van der Waals surface area contributed by atoms with Gasteiger partial charge in [-0.2, -0.15) is 5.26 Å². The van der Waals surface area contributed by atoms with Crippen LogP contribution in [0.25, 0.3) is 0 Å². The molecule has 0 aliphatic heterocycles. The lowest BCUT2D eigenvalue weighted by molar-refractivity contribution is 0.624. The first-order valence-corrected chi connectivity index (χ1v) is 7.00. The van der Waals surface area contributed by atoms with E-state index in [0.717, 1.165) is 24.2 Å². The molecule has 2 aromatic carbocycles. The number of rotatable bonds is 6. The maximum atomic E-state index is 13.5. The van der Waals surface area contributed by atoms with Crippen LogP contribution in [0.15, 0.2) is 42.5 Å². The summed E-state index contributed by atoms with van der Waals surface area (Å²) < 4.78 is 13.5. The second kappa shape index (κ2) is 7.30. The highest BCUT2D eigenvalue weighted by molar-refractivity contribution is 5.58. The van der Waals surface area contributed by atoms with Crippen molar-refractivity contribution in [2.75, 3.05) is 17.2 Å². The van der Waals surface area contributed by atoms with Gasteiger partial charge < -0.3 is 10.6 Å². The van der Waals surface area contributed by atoms with E-state index in [0.29, 0.717) is 12.2 Å². The molecule has 0 fully saturated rings. The third-order valence-electron chi connectivity index (χ3n) is 3.14. The van der Waals surface area contributed by atoms with Crippen molar-refractivity contribution in [3.05, 3.63) is 59.4 Å². The standard InChI is InChI=1S/C17H18FN3/c1-2-10-20-14-8-6-13(7-9-14)12-21-17-5-3-4-16(18)15(17)11-19/h3-9,20-21H,2,10,12H2,1H3. The van der Waals surface area contributed by atoms with Crippen LogP contribution in [0.1, 0.15) is 24.5 Å². The molecule has 0 saturated carbocycles. The van der Waals surface area contributed by atoms with Gasteiger partial charge in [-0.3, -0.25) is 0 Å². The quantitative estimate of drug-likeness (QED) is 0.838. The van der Waals surface area contributed by atoms with Crippen molar-refractivity contribution in [3.63, 3.8) is 0 Å². The summed E-state index contributed by atoms with van der Waals surface area (Å²) in [7, 11) is 0. The molecule has 0 bridgehead atoms. The predicted octanol–water partition coefficient (Wildman–Crippen LogP) is 4.13. The molecule has 0 unspecified atom stereocenters. The van der Waals surface area contributed by atoms with Crippen molar-refractivity contribution >= 4 is 11.4 Å². The van der Waals surface area contributed by atoms with Gasteiger partial charge in [0.25, 0.3) is 0 Å². The first-order chi connectivity index (χ1) is 10.2. The highest BCUT2D eigenvalue weighted by Gasteiger charge is 2.06. The number of hydrogen-bond donors (Lipinski definition) is 2. The summed E-state index contributed by atoms with van der Waals surface area (Å²) in [4.78, 5) is 0. The highest BCUT2D eigenvalue weighted by atomic mass is 19.1. The van der Waals surface area contributed by atoms with E-state index < -0.39 is 5.82 Å². The second-order valence-corrected chi connectivity index (χ2v) is 4.75. The minimum atomic E-state index is -0.499. The fourth-order valence-electron chi connectivity index (χ4n) is 1.99. The summed E-state index contributed by atoms with van der Waals surface area (Å²) in [6.45, 7) is 3.62. The monoisotopic (exact) mass is 283 g/mol. The number of halogens is 1. The van der Waals surface area contributed by atoms with Crippen LogP contribution in [0.3, 0.4) is 0 Å². The Balaban J connectivity index is 2.00. The van der Waals surface area contributed by atoms with Crippen LogP contribution >= 0.6 is 0 Å². The molecule has 0 saturated heterocycles. The molecule has 21 heavy (non-hydrogen) atoms. The van der Waals surface area contributed by atoms with Crippen LogP contribution in [-0.2, 0) is 6.54 Å². The molecule has 2 aromatic rings. The number of nitriles is 1. The van der Waals surface area contributed by atoms with Gasteiger partial charge in [-0.25, -0.2) is 4.39 Å². The van der Waals surface area contributed by atoms with E-state index in [1.807, 2.05) is 30.3 Å². The molecule has 0 amide bonds. The maximum absolute atomic E-state index is 13.5. The summed E-state index contributed by atoms with van der Waals surface area (Å²) in [5.41, 5.74) is 2.73. The zero-order valence-corrected chi connectivity index (χ0v) is 12.0. The van der Waals surface area contributed by atoms with Crippen LogP contribution in [0.2, 0.25) is 0 Å². The average Bonchev–Trinajstić information content (AvgIpc) is 2.52. The highest BCUT2D eigenvalue weighted by Crippen LogP contribution is 2.19. The zero-order valence-electron chi connectivity index (χ0n) is 12.0. The lowest BCUT2D eigenvalue weighted by Crippen LogP contribution is -2.03. The summed E-state index contributed by atoms with van der Waals surface area (Å²) in [5.74, 6) is -0.499. The van der Waals surface area contributed by atoms with Gasteiger partial charge in [-0.1, -0.05) is 25.1 Å². The molecule has 4 heteroatoms. The number of anilines is 2. The van der Waals surface area contributed by atoms with Crippen molar-refractivity contribution in [2.45, 2.75) is 19.9 Å². The lowest BCUT2D eigenvalue weighted by atomic mass is 10.1. The van der Waals surface area contributed by atoms with Crippen LogP contribution in [0, 0.1) is 17.1 Å². The fourth-order valence-corrected chi connectivity index (χ4v) is 1.99. The maximum Gasteiger partial charge on any atom is 0.143 e. The summed E-state index contributed by atoms with van der Waals surface area (Å²) in [6.07, 6.45) is 1.08. The number of nitrogens with one attached hydrogen (secondary N) is 2. The molecule has 0 aliphatic carbocycles. The molecule has 0 aliphatic rings. The van der Waals surface area contributed by atoms with Gasteiger partial charge >= 0.3 is 0 Å². The van der Waals surface area contributed by atoms with Gasteiger partial charge in [0.2, 0.25) is 0 Å². The smallest absolute Gasteiger partial charge is 0.143 e. The summed E-state index contributed by atoms with van der Waals surface area (Å²) in [5, 5.41) is 15.4. The molecule has 2 N–H and O–H groups in total. The molecule has 2 rings (SSSR count). The third kappa shape index (κ3) is 3.96. The van der Waals surface area contributed by atoms with E-state index in [1.165, 1.54) is 6.07 Å². The molecule has 0 heterocycles. The summed E-state index contributed by atoms with van der Waals surface area (Å²) in [6, 6.07) is 14.5. The molecule has 0 aromatic heterocycles. The van der Waals surface area contributed by atoms with E-state index in [1.54, 1.807) is 12.1 Å². The van der Waals surface area contributed by atoms with Gasteiger partial charge in [0.15, 0.2) is 0 Å². The van der Waals surface area contributed by atoms with Crippen LogP contribution in [0.5, 0.6) is 0 Å². The van der Waals surface area contributed by atoms with Gasteiger partial charge in [-0.15, -0.1) is 0 Å². The molecule has 108 valence electrons. The molecule has 0 radical (unpaired) electrons. The molecular weight excluding hydrogens is 265 g/mol. The van der Waals surface area contributed by atoms with Crippen molar-refractivity contribution in [3.8, 4) is 6.07 Å². The van der Waals surface area contributed by atoms with E-state index >= 15 is 0 Å². The van der Waals surface area contributed by atoms with Gasteiger partial charge in [0, 0.05) is 18.8 Å². The molecular formula is C17H18FN3. The van der Waals surface area contributed by atoms with Crippen molar-refractivity contribution < 1.29 is 4.39 Å². The number of benzene rings is 2. The van der Waals surface area contributed by atoms with Crippen molar-refractivity contribution in [2.24, 2.45) is 0 Å². The second-order valence-electron chi connectivity index (χ2n) is 4.75. The predicted molar refractivity (Wildman–Crippen MR) is 83.7 cm³/mol. The molecule has 0 spiro atoms. The first kappa shape index (κ1) is 14.9. The normalized spacial score (nSPS) is 9.95. The first-order valence-electron chi connectivity index (χ1n) is 7.00. The number of nitrogens with zero attached hydrogens (tertiary/aromatic N) is 1. The Morgan fingerprint density at radius 1 is 1.10 bits per heavy atom. The van der Waals surface area contributed by atoms with Crippen LogP contribution in [0.4, 0.5) is 15.8 Å². The Hall–Kier alpha value is -2.54. The fraction of sp³-hybridized carbons (Fsp3) is 0.235. The number of hydrogen-bond acceptors (Lipinski definition) is 3. The SMILES string of the molecule is CCCNc1ccc(CNc2cccc(F)c2C#N)cc1. The van der Waals surface area contributed by atoms with Gasteiger partial charge in [-0.05, 0) is 36.2 Å². The largest absolute Gasteiger partial charge is 0.385 e. The topological polar surface area (TPSA) is 47.8 Å². The van der Waals surface area contributed by atoms with E-state index in [9.17, 15) is 4.39 Å². The van der Waals surface area contributed by atoms with Crippen LogP contribution < -0.4 is 10.6 Å². The van der Waals surface area contributed by atoms with Gasteiger partial charge in [0.1, 0.15) is 17.4 Å². The third-order valence-corrected chi connectivity index (χ3v) is 3.14. The Bertz CT molecular complexity index is 629. The van der Waals surface area contributed by atoms with Gasteiger partial charge in [0.05, 0.1) is 5.69 Å². The van der Waals surface area contributed by atoms with Crippen LogP contribution in [-0.4, -0.2) is 6.54 Å².